The van der Waals surface area contributed by atoms with Crippen molar-refractivity contribution in [3.05, 3.63) is 47.1 Å². The van der Waals surface area contributed by atoms with Gasteiger partial charge in [0.1, 0.15) is 5.60 Å². The lowest BCUT2D eigenvalue weighted by Gasteiger charge is -2.35. The molecule has 2 fully saturated rings. The summed E-state index contributed by atoms with van der Waals surface area (Å²) >= 11 is 5.82. The van der Waals surface area contributed by atoms with Crippen molar-refractivity contribution in [3.8, 4) is 0 Å². The summed E-state index contributed by atoms with van der Waals surface area (Å²) in [4.78, 5) is 44.7. The summed E-state index contributed by atoms with van der Waals surface area (Å²) in [6.45, 7) is 5.64. The third-order valence-electron chi connectivity index (χ3n) is 6.78. The molecule has 12 heteroatoms. The zero-order chi connectivity index (χ0) is 26.9. The van der Waals surface area contributed by atoms with Crippen molar-refractivity contribution in [1.29, 1.82) is 0 Å². The van der Waals surface area contributed by atoms with E-state index in [0.29, 0.717) is 24.2 Å². The standard InChI is InChI=1S/C25H30ClFN6O4/c1-25(2,3)37-24(36)31-15-6-4-5-12(8-15)22(35)29-10-14-7-13-9-16(14)19(18(13)20(28)34)32-21-17(27)11-30-23(26)33-21/h4-6,8,11,13-14,16,18-19H,7,9-10H2,1-3H3,(H2,28,34)(H,29,35)(H,31,36)(H,30,32,33)/t13-,14?,16-,18+,19-/m1/s1. The summed E-state index contributed by atoms with van der Waals surface area (Å²) in [5.74, 6) is -1.98. The number of ether oxygens (including phenoxy) is 1. The molecule has 0 spiro atoms. The van der Waals surface area contributed by atoms with E-state index in [4.69, 9.17) is 22.1 Å². The van der Waals surface area contributed by atoms with Gasteiger partial charge in [-0.1, -0.05) is 6.07 Å². The number of nitrogens with two attached hydrogens (primary N) is 1. The van der Waals surface area contributed by atoms with Crippen molar-refractivity contribution in [2.75, 3.05) is 17.2 Å². The molecule has 2 aliphatic rings. The summed E-state index contributed by atoms with van der Waals surface area (Å²) in [7, 11) is 0. The topological polar surface area (TPSA) is 148 Å². The minimum atomic E-state index is -0.680. The zero-order valence-electron chi connectivity index (χ0n) is 20.8. The SMILES string of the molecule is CC(C)(C)OC(=O)Nc1cccc(C(=O)NCC2C[C@@H]3C[C@H]2[C@@H](Nc2nc(Cl)ncc2F)[C@H]3C(N)=O)c1. The number of hydrogen-bond donors (Lipinski definition) is 4. The van der Waals surface area contributed by atoms with Crippen molar-refractivity contribution >= 4 is 41.0 Å². The van der Waals surface area contributed by atoms with Gasteiger partial charge in [-0.2, -0.15) is 4.98 Å². The molecule has 1 aromatic carbocycles. The fourth-order valence-corrected chi connectivity index (χ4v) is 5.56. The highest BCUT2D eigenvalue weighted by atomic mass is 35.5. The quantitative estimate of drug-likeness (QED) is 0.398. The summed E-state index contributed by atoms with van der Waals surface area (Å²) < 4.78 is 19.5. The molecular formula is C25H30ClFN6O4. The fraction of sp³-hybridized carbons (Fsp3) is 0.480. The minimum Gasteiger partial charge on any atom is -0.444 e. The maximum absolute atomic E-state index is 14.3. The molecule has 198 valence electrons. The zero-order valence-corrected chi connectivity index (χ0v) is 21.5. The van der Waals surface area contributed by atoms with Crippen molar-refractivity contribution in [2.24, 2.45) is 29.4 Å². The number of amides is 3. The normalized spacial score (nSPS) is 24.4. The first-order valence-corrected chi connectivity index (χ1v) is 12.4. The van der Waals surface area contributed by atoms with Gasteiger partial charge in [-0.3, -0.25) is 14.9 Å². The van der Waals surface area contributed by atoms with E-state index in [1.54, 1.807) is 45.0 Å². The molecule has 2 bridgehead atoms. The molecule has 3 amide bonds. The Morgan fingerprint density at radius 2 is 2.00 bits per heavy atom. The maximum Gasteiger partial charge on any atom is 0.412 e. The largest absolute Gasteiger partial charge is 0.444 e. The average molecular weight is 533 g/mol. The molecule has 5 N–H and O–H groups in total. The number of benzene rings is 1. The van der Waals surface area contributed by atoms with Crippen LogP contribution in [0.25, 0.3) is 0 Å². The van der Waals surface area contributed by atoms with E-state index in [-0.39, 0.29) is 34.8 Å². The molecule has 0 saturated heterocycles. The van der Waals surface area contributed by atoms with E-state index in [9.17, 15) is 18.8 Å². The Hall–Kier alpha value is -3.47. The summed E-state index contributed by atoms with van der Waals surface area (Å²) in [6.07, 6.45) is 1.79. The Labute approximate surface area is 218 Å². The number of carbonyl (C=O) groups excluding carboxylic acids is 3. The Morgan fingerprint density at radius 1 is 1.24 bits per heavy atom. The van der Waals surface area contributed by atoms with Gasteiger partial charge in [0.2, 0.25) is 11.2 Å². The molecule has 0 radical (unpaired) electrons. The van der Waals surface area contributed by atoms with Crippen LogP contribution < -0.4 is 21.7 Å². The van der Waals surface area contributed by atoms with Crippen molar-refractivity contribution < 1.29 is 23.5 Å². The first-order valence-electron chi connectivity index (χ1n) is 12.0. The number of hydrogen-bond acceptors (Lipinski definition) is 7. The number of halogens is 2. The van der Waals surface area contributed by atoms with Gasteiger partial charge in [0.05, 0.1) is 12.1 Å². The van der Waals surface area contributed by atoms with E-state index in [1.165, 1.54) is 0 Å². The summed E-state index contributed by atoms with van der Waals surface area (Å²) in [5.41, 5.74) is 5.84. The van der Waals surface area contributed by atoms with Crippen LogP contribution >= 0.6 is 11.6 Å². The third-order valence-corrected chi connectivity index (χ3v) is 6.97. The van der Waals surface area contributed by atoms with Gasteiger partial charge >= 0.3 is 6.09 Å². The van der Waals surface area contributed by atoms with Crippen LogP contribution in [-0.2, 0) is 9.53 Å². The van der Waals surface area contributed by atoms with Crippen LogP contribution in [0.3, 0.4) is 0 Å². The number of nitrogens with one attached hydrogen (secondary N) is 3. The lowest BCUT2D eigenvalue weighted by atomic mass is 9.77. The number of aromatic nitrogens is 2. The molecule has 5 atom stereocenters. The van der Waals surface area contributed by atoms with Crippen molar-refractivity contribution in [1.82, 2.24) is 15.3 Å². The second-order valence-electron chi connectivity index (χ2n) is 10.5. The lowest BCUT2D eigenvalue weighted by molar-refractivity contribution is -0.123. The molecule has 2 saturated carbocycles. The van der Waals surface area contributed by atoms with E-state index < -0.39 is 35.4 Å². The van der Waals surface area contributed by atoms with Gasteiger partial charge < -0.3 is 21.1 Å². The minimum absolute atomic E-state index is 0.0172. The molecule has 0 aliphatic heterocycles. The Balaban J connectivity index is 1.40. The van der Waals surface area contributed by atoms with E-state index in [0.717, 1.165) is 12.6 Å². The van der Waals surface area contributed by atoms with Crippen LogP contribution in [0.4, 0.5) is 20.7 Å². The first kappa shape index (κ1) is 26.6. The van der Waals surface area contributed by atoms with E-state index >= 15 is 0 Å². The molecule has 2 aliphatic carbocycles. The molecule has 4 rings (SSSR count). The highest BCUT2D eigenvalue weighted by Crippen LogP contribution is 2.52. The summed E-state index contributed by atoms with van der Waals surface area (Å²) in [6, 6.07) is 6.09. The van der Waals surface area contributed by atoms with Gasteiger partial charge in [-0.25, -0.2) is 14.2 Å². The Kier molecular flexibility index (Phi) is 7.54. The maximum atomic E-state index is 14.3. The summed E-state index contributed by atoms with van der Waals surface area (Å²) in [5, 5.41) is 8.48. The average Bonchev–Trinajstić information content (AvgIpc) is 3.37. The monoisotopic (exact) mass is 532 g/mol. The van der Waals surface area contributed by atoms with Crippen LogP contribution in [0, 0.1) is 29.5 Å². The third kappa shape index (κ3) is 6.27. The molecule has 2 aromatic rings. The fourth-order valence-electron chi connectivity index (χ4n) is 5.43. The second-order valence-corrected chi connectivity index (χ2v) is 10.8. The Morgan fingerprint density at radius 3 is 2.70 bits per heavy atom. The number of anilines is 2. The smallest absolute Gasteiger partial charge is 0.412 e. The van der Waals surface area contributed by atoms with Gasteiger partial charge in [0.25, 0.3) is 5.91 Å². The van der Waals surface area contributed by atoms with Gasteiger partial charge in [-0.15, -0.1) is 0 Å². The molecule has 1 aromatic heterocycles. The van der Waals surface area contributed by atoms with E-state index in [2.05, 4.69) is 25.9 Å². The van der Waals surface area contributed by atoms with Crippen LogP contribution in [-0.4, -0.2) is 46.1 Å². The molecule has 1 unspecified atom stereocenters. The second kappa shape index (κ2) is 10.5. The van der Waals surface area contributed by atoms with Crippen LogP contribution in [0.5, 0.6) is 0 Å². The Bertz CT molecular complexity index is 1210. The number of fused-ring (bicyclic) bond motifs is 2. The van der Waals surface area contributed by atoms with Crippen molar-refractivity contribution in [2.45, 2.75) is 45.3 Å². The number of carbonyl (C=O) groups is 3. The van der Waals surface area contributed by atoms with Crippen LogP contribution in [0.2, 0.25) is 5.28 Å². The highest BCUT2D eigenvalue weighted by Gasteiger charge is 2.55. The van der Waals surface area contributed by atoms with Gasteiger partial charge in [-0.05, 0) is 81.2 Å². The predicted molar refractivity (Wildman–Crippen MR) is 135 cm³/mol. The molecule has 37 heavy (non-hydrogen) atoms. The lowest BCUT2D eigenvalue weighted by Crippen LogP contribution is -2.47. The first-order chi connectivity index (χ1) is 17.4. The number of primary amides is 1. The molecular weight excluding hydrogens is 503 g/mol. The molecule has 1 heterocycles. The van der Waals surface area contributed by atoms with Crippen LogP contribution in [0.15, 0.2) is 30.5 Å². The van der Waals surface area contributed by atoms with Crippen molar-refractivity contribution in [3.63, 3.8) is 0 Å². The number of rotatable bonds is 7. The van der Waals surface area contributed by atoms with Gasteiger partial charge in [0, 0.05) is 23.8 Å². The highest BCUT2D eigenvalue weighted by molar-refractivity contribution is 6.28. The van der Waals surface area contributed by atoms with Crippen LogP contribution in [0.1, 0.15) is 44.0 Å². The molecule has 10 nitrogen and oxygen atoms in total. The predicted octanol–water partition coefficient (Wildman–Crippen LogP) is 3.58. The van der Waals surface area contributed by atoms with Gasteiger partial charge in [0.15, 0.2) is 11.6 Å². The number of nitrogens with zero attached hydrogens (tertiary/aromatic N) is 2. The van der Waals surface area contributed by atoms with E-state index in [1.807, 2.05) is 0 Å².